The molecule has 6 rings (SSSR count). The summed E-state index contributed by atoms with van der Waals surface area (Å²) < 4.78 is 57.1. The number of anilines is 1. The first-order valence-corrected chi connectivity index (χ1v) is 14.7. The van der Waals surface area contributed by atoms with Crippen molar-refractivity contribution in [3.05, 3.63) is 101 Å². The van der Waals surface area contributed by atoms with Crippen LogP contribution >= 0.6 is 0 Å². The van der Waals surface area contributed by atoms with E-state index in [1.807, 2.05) is 6.92 Å². The molecule has 1 atom stereocenters. The molecule has 238 valence electrons. The van der Waals surface area contributed by atoms with Gasteiger partial charge in [-0.15, -0.1) is 0 Å². The van der Waals surface area contributed by atoms with Gasteiger partial charge in [-0.05, 0) is 89.4 Å². The van der Waals surface area contributed by atoms with Gasteiger partial charge in [-0.3, -0.25) is 4.79 Å². The maximum absolute atomic E-state index is 14.2. The van der Waals surface area contributed by atoms with Crippen LogP contribution in [0.5, 0.6) is 5.75 Å². The van der Waals surface area contributed by atoms with E-state index in [1.54, 1.807) is 80.0 Å². The summed E-state index contributed by atoms with van der Waals surface area (Å²) in [6, 6.07) is 14.3. The standard InChI is InChI=1S/C33H31F3N6O4/c1-19-15-27-37-17-22(18-41(27)39-19)38-30(43)21-7-5-8-23(16-21)42-28-25(29(40-42)33(34,35)36)9-6-10-26(28)45-24-13-11-20(12-14-24)31(44)46-32(2,3)4/h5,7-8,11-18,26H,6,9-10H2,1-4H3,(H,38,43). The summed E-state index contributed by atoms with van der Waals surface area (Å²) in [4.78, 5) is 29.9. The number of ether oxygens (including phenoxy) is 2. The quantitative estimate of drug-likeness (QED) is 0.203. The molecular formula is C33H31F3N6O4. The molecule has 1 aliphatic rings. The minimum Gasteiger partial charge on any atom is -0.484 e. The third-order valence-electron chi connectivity index (χ3n) is 7.30. The fraction of sp³-hybridized carbons (Fsp3) is 0.303. The molecule has 5 aromatic rings. The molecule has 1 amide bonds. The zero-order chi connectivity index (χ0) is 32.8. The van der Waals surface area contributed by atoms with Crippen LogP contribution in [0.15, 0.2) is 67.0 Å². The van der Waals surface area contributed by atoms with Crippen LogP contribution in [0.4, 0.5) is 18.9 Å². The zero-order valence-electron chi connectivity index (χ0n) is 25.6. The highest BCUT2D eigenvalue weighted by Gasteiger charge is 2.42. The molecule has 0 fully saturated rings. The number of aromatic nitrogens is 5. The molecule has 2 aromatic carbocycles. The number of amides is 1. The van der Waals surface area contributed by atoms with Crippen LogP contribution in [-0.2, 0) is 17.3 Å². The summed E-state index contributed by atoms with van der Waals surface area (Å²) >= 11 is 0. The minimum absolute atomic E-state index is 0.0536. The first-order valence-electron chi connectivity index (χ1n) is 14.7. The van der Waals surface area contributed by atoms with Crippen molar-refractivity contribution >= 4 is 23.2 Å². The van der Waals surface area contributed by atoms with Gasteiger partial charge in [-0.2, -0.15) is 23.4 Å². The topological polar surface area (TPSA) is 113 Å². The highest BCUT2D eigenvalue weighted by molar-refractivity contribution is 6.04. The maximum Gasteiger partial charge on any atom is 0.435 e. The molecule has 3 aromatic heterocycles. The molecule has 1 aliphatic carbocycles. The maximum atomic E-state index is 14.2. The number of fused-ring (bicyclic) bond motifs is 2. The average Bonchev–Trinajstić information content (AvgIpc) is 3.57. The molecular weight excluding hydrogens is 601 g/mol. The molecule has 0 aliphatic heterocycles. The van der Waals surface area contributed by atoms with Crippen LogP contribution in [0.25, 0.3) is 11.3 Å². The fourth-order valence-electron chi connectivity index (χ4n) is 5.39. The molecule has 13 heteroatoms. The highest BCUT2D eigenvalue weighted by atomic mass is 19.4. The van der Waals surface area contributed by atoms with Crippen molar-refractivity contribution in [3.8, 4) is 11.4 Å². The summed E-state index contributed by atoms with van der Waals surface area (Å²) in [6.07, 6.45) is -1.28. The lowest BCUT2D eigenvalue weighted by Crippen LogP contribution is -2.23. The number of nitrogens with one attached hydrogen (secondary N) is 1. The van der Waals surface area contributed by atoms with Crippen molar-refractivity contribution in [1.82, 2.24) is 24.4 Å². The lowest BCUT2D eigenvalue weighted by molar-refractivity contribution is -0.142. The van der Waals surface area contributed by atoms with E-state index in [-0.39, 0.29) is 28.9 Å². The largest absolute Gasteiger partial charge is 0.484 e. The molecule has 1 N–H and O–H groups in total. The predicted molar refractivity (Wildman–Crippen MR) is 162 cm³/mol. The Labute approximate surface area is 262 Å². The number of alkyl halides is 3. The third kappa shape index (κ3) is 6.44. The van der Waals surface area contributed by atoms with E-state index in [0.29, 0.717) is 35.5 Å². The van der Waals surface area contributed by atoms with Crippen molar-refractivity contribution in [3.63, 3.8) is 0 Å². The zero-order valence-corrected chi connectivity index (χ0v) is 25.6. The van der Waals surface area contributed by atoms with E-state index in [4.69, 9.17) is 9.47 Å². The number of aryl methyl sites for hydroxylation is 1. The van der Waals surface area contributed by atoms with Gasteiger partial charge in [0, 0.05) is 17.2 Å². The Morgan fingerprint density at radius 2 is 1.76 bits per heavy atom. The Bertz CT molecular complexity index is 1940. The molecule has 0 radical (unpaired) electrons. The average molecular weight is 633 g/mol. The van der Waals surface area contributed by atoms with Crippen molar-refractivity contribution in [2.24, 2.45) is 0 Å². The molecule has 46 heavy (non-hydrogen) atoms. The number of halogens is 3. The first-order chi connectivity index (χ1) is 21.7. The smallest absolute Gasteiger partial charge is 0.435 e. The number of hydrogen-bond acceptors (Lipinski definition) is 7. The van der Waals surface area contributed by atoms with E-state index in [1.165, 1.54) is 16.9 Å². The lowest BCUT2D eigenvalue weighted by Gasteiger charge is -2.26. The minimum atomic E-state index is -4.70. The summed E-state index contributed by atoms with van der Waals surface area (Å²) in [6.45, 7) is 7.13. The lowest BCUT2D eigenvalue weighted by atomic mass is 9.92. The van der Waals surface area contributed by atoms with Crippen LogP contribution in [0.1, 0.15) is 83.1 Å². The number of nitrogens with zero attached hydrogens (tertiary/aromatic N) is 5. The first kappa shape index (κ1) is 30.8. The van der Waals surface area contributed by atoms with E-state index in [9.17, 15) is 22.8 Å². The third-order valence-corrected chi connectivity index (χ3v) is 7.30. The van der Waals surface area contributed by atoms with Gasteiger partial charge in [0.2, 0.25) is 0 Å². The summed E-state index contributed by atoms with van der Waals surface area (Å²) in [5.74, 6) is -0.608. The number of benzene rings is 2. The van der Waals surface area contributed by atoms with Crippen molar-refractivity contribution < 1.29 is 32.2 Å². The Hall–Kier alpha value is -5.20. The normalized spacial score (nSPS) is 15.0. The highest BCUT2D eigenvalue weighted by Crippen LogP contribution is 2.42. The fourth-order valence-corrected chi connectivity index (χ4v) is 5.39. The van der Waals surface area contributed by atoms with Gasteiger partial charge in [-0.1, -0.05) is 6.07 Å². The van der Waals surface area contributed by atoms with Crippen molar-refractivity contribution in [2.75, 3.05) is 5.32 Å². The number of hydrogen-bond donors (Lipinski definition) is 1. The molecule has 3 heterocycles. The van der Waals surface area contributed by atoms with Crippen LogP contribution in [0.3, 0.4) is 0 Å². The molecule has 0 spiro atoms. The van der Waals surface area contributed by atoms with E-state index in [0.717, 1.165) is 5.69 Å². The number of rotatable bonds is 6. The van der Waals surface area contributed by atoms with Crippen LogP contribution in [0.2, 0.25) is 0 Å². The van der Waals surface area contributed by atoms with Crippen LogP contribution < -0.4 is 10.1 Å². The van der Waals surface area contributed by atoms with Gasteiger partial charge in [0.05, 0.1) is 40.7 Å². The SMILES string of the molecule is Cc1cc2ncc(NC(=O)c3cccc(-n4nc(C(F)(F)F)c5c4C(Oc4ccc(C(=O)OC(C)(C)C)cc4)CCC5)c3)cn2n1. The van der Waals surface area contributed by atoms with E-state index >= 15 is 0 Å². The Morgan fingerprint density at radius 1 is 1.00 bits per heavy atom. The second kappa shape index (κ2) is 11.6. The number of carbonyl (C=O) groups excluding carboxylic acids is 2. The Morgan fingerprint density at radius 3 is 2.48 bits per heavy atom. The van der Waals surface area contributed by atoms with Gasteiger partial charge in [0.15, 0.2) is 11.3 Å². The van der Waals surface area contributed by atoms with Crippen molar-refractivity contribution in [2.45, 2.75) is 64.8 Å². The van der Waals surface area contributed by atoms with E-state index < -0.39 is 35.5 Å². The summed E-state index contributed by atoms with van der Waals surface area (Å²) in [5, 5.41) is 11.1. The predicted octanol–water partition coefficient (Wildman–Crippen LogP) is 6.91. The summed E-state index contributed by atoms with van der Waals surface area (Å²) in [7, 11) is 0. The molecule has 0 bridgehead atoms. The Balaban J connectivity index is 1.30. The van der Waals surface area contributed by atoms with Crippen LogP contribution in [-0.4, -0.2) is 41.9 Å². The molecule has 0 saturated carbocycles. The van der Waals surface area contributed by atoms with Gasteiger partial charge in [-0.25, -0.2) is 19.0 Å². The van der Waals surface area contributed by atoms with Crippen LogP contribution in [0, 0.1) is 6.92 Å². The van der Waals surface area contributed by atoms with Gasteiger partial charge >= 0.3 is 12.1 Å². The second-order valence-electron chi connectivity index (χ2n) is 12.1. The summed E-state index contributed by atoms with van der Waals surface area (Å²) in [5.41, 5.74) is 1.25. The number of carbonyl (C=O) groups is 2. The van der Waals surface area contributed by atoms with Gasteiger partial charge in [0.1, 0.15) is 17.5 Å². The second-order valence-corrected chi connectivity index (χ2v) is 12.1. The molecule has 10 nitrogen and oxygen atoms in total. The van der Waals surface area contributed by atoms with Crippen molar-refractivity contribution in [1.29, 1.82) is 0 Å². The van der Waals surface area contributed by atoms with Gasteiger partial charge in [0.25, 0.3) is 5.91 Å². The monoisotopic (exact) mass is 632 g/mol. The Kier molecular flexibility index (Phi) is 7.78. The molecule has 1 unspecified atom stereocenters. The van der Waals surface area contributed by atoms with Gasteiger partial charge < -0.3 is 14.8 Å². The van der Waals surface area contributed by atoms with E-state index in [2.05, 4.69) is 20.5 Å². The number of esters is 1. The molecule has 0 saturated heterocycles.